The van der Waals surface area contributed by atoms with Crippen LogP contribution in [-0.2, 0) is 0 Å². The standard InChI is InChI=1S/C17H15NOS/c1-12-3-5-14(6-4-12)17-16(18-11-20-17)13-7-9-15(19-2)10-8-13/h3-11H,1-2H3. The lowest BCUT2D eigenvalue weighted by molar-refractivity contribution is 0.415. The molecule has 2 aromatic carbocycles. The zero-order valence-electron chi connectivity index (χ0n) is 11.5. The van der Waals surface area contributed by atoms with Gasteiger partial charge in [0.25, 0.3) is 0 Å². The molecule has 0 spiro atoms. The van der Waals surface area contributed by atoms with Crippen LogP contribution >= 0.6 is 11.3 Å². The number of hydrogen-bond donors (Lipinski definition) is 0. The van der Waals surface area contributed by atoms with Gasteiger partial charge in [0.2, 0.25) is 0 Å². The zero-order chi connectivity index (χ0) is 13.9. The first-order valence-corrected chi connectivity index (χ1v) is 7.31. The SMILES string of the molecule is COc1ccc(-c2ncsc2-c2ccc(C)cc2)cc1. The maximum absolute atomic E-state index is 5.20. The van der Waals surface area contributed by atoms with Crippen molar-refractivity contribution in [2.45, 2.75) is 6.92 Å². The third-order valence-corrected chi connectivity index (χ3v) is 4.12. The van der Waals surface area contributed by atoms with Crippen molar-refractivity contribution in [1.29, 1.82) is 0 Å². The van der Waals surface area contributed by atoms with Crippen LogP contribution in [0.25, 0.3) is 21.7 Å². The Labute approximate surface area is 122 Å². The van der Waals surface area contributed by atoms with Crippen molar-refractivity contribution in [3.63, 3.8) is 0 Å². The number of rotatable bonds is 3. The molecule has 20 heavy (non-hydrogen) atoms. The van der Waals surface area contributed by atoms with Crippen molar-refractivity contribution in [3.8, 4) is 27.4 Å². The van der Waals surface area contributed by atoms with Crippen LogP contribution in [0.2, 0.25) is 0 Å². The third kappa shape index (κ3) is 2.45. The Hall–Kier alpha value is -2.13. The monoisotopic (exact) mass is 281 g/mol. The highest BCUT2D eigenvalue weighted by atomic mass is 32.1. The fourth-order valence-corrected chi connectivity index (χ4v) is 2.93. The van der Waals surface area contributed by atoms with Crippen LogP contribution in [0.1, 0.15) is 5.56 Å². The van der Waals surface area contributed by atoms with Crippen LogP contribution in [0, 0.1) is 6.92 Å². The number of benzene rings is 2. The van der Waals surface area contributed by atoms with Gasteiger partial charge in [-0.2, -0.15) is 0 Å². The van der Waals surface area contributed by atoms with E-state index in [9.17, 15) is 0 Å². The lowest BCUT2D eigenvalue weighted by Gasteiger charge is -2.05. The van der Waals surface area contributed by atoms with Gasteiger partial charge in [0.15, 0.2) is 0 Å². The molecule has 0 radical (unpaired) electrons. The third-order valence-electron chi connectivity index (χ3n) is 3.24. The van der Waals surface area contributed by atoms with E-state index in [1.807, 2.05) is 29.8 Å². The van der Waals surface area contributed by atoms with Crippen LogP contribution in [-0.4, -0.2) is 12.1 Å². The van der Waals surface area contributed by atoms with Gasteiger partial charge in [-0.1, -0.05) is 29.8 Å². The van der Waals surface area contributed by atoms with E-state index in [4.69, 9.17) is 4.74 Å². The molecule has 3 aromatic rings. The first kappa shape index (κ1) is 12.9. The van der Waals surface area contributed by atoms with Gasteiger partial charge in [0, 0.05) is 5.56 Å². The number of methoxy groups -OCH3 is 1. The highest BCUT2D eigenvalue weighted by molar-refractivity contribution is 7.13. The molecule has 0 N–H and O–H groups in total. The summed E-state index contributed by atoms with van der Waals surface area (Å²) in [6.07, 6.45) is 0. The van der Waals surface area contributed by atoms with Crippen LogP contribution in [0.4, 0.5) is 0 Å². The van der Waals surface area contributed by atoms with Gasteiger partial charge in [-0.05, 0) is 36.8 Å². The quantitative estimate of drug-likeness (QED) is 0.688. The number of thiazole rings is 1. The smallest absolute Gasteiger partial charge is 0.118 e. The van der Waals surface area contributed by atoms with Gasteiger partial charge in [0.1, 0.15) is 5.75 Å². The van der Waals surface area contributed by atoms with Crippen LogP contribution < -0.4 is 4.74 Å². The highest BCUT2D eigenvalue weighted by Crippen LogP contribution is 2.35. The average molecular weight is 281 g/mol. The molecule has 1 aromatic heterocycles. The van der Waals surface area contributed by atoms with E-state index >= 15 is 0 Å². The van der Waals surface area contributed by atoms with Gasteiger partial charge in [-0.15, -0.1) is 11.3 Å². The van der Waals surface area contributed by atoms with E-state index in [1.165, 1.54) is 16.0 Å². The van der Waals surface area contributed by atoms with E-state index in [0.717, 1.165) is 17.0 Å². The second-order valence-electron chi connectivity index (χ2n) is 4.62. The Morgan fingerprint density at radius 3 is 2.20 bits per heavy atom. The van der Waals surface area contributed by atoms with E-state index < -0.39 is 0 Å². The normalized spacial score (nSPS) is 10.5. The summed E-state index contributed by atoms with van der Waals surface area (Å²) in [6, 6.07) is 16.6. The van der Waals surface area contributed by atoms with Crippen molar-refractivity contribution < 1.29 is 4.74 Å². The summed E-state index contributed by atoms with van der Waals surface area (Å²) < 4.78 is 5.20. The first-order chi connectivity index (χ1) is 9.78. The van der Waals surface area contributed by atoms with Gasteiger partial charge < -0.3 is 4.74 Å². The lowest BCUT2D eigenvalue weighted by atomic mass is 10.1. The molecular weight excluding hydrogens is 266 g/mol. The summed E-state index contributed by atoms with van der Waals surface area (Å²) in [5, 5.41) is 0. The number of aromatic nitrogens is 1. The molecule has 0 fully saturated rings. The Kier molecular flexibility index (Phi) is 3.52. The lowest BCUT2D eigenvalue weighted by Crippen LogP contribution is -1.85. The van der Waals surface area contributed by atoms with Gasteiger partial charge in [-0.3, -0.25) is 0 Å². The molecule has 3 rings (SSSR count). The molecular formula is C17H15NOS. The minimum atomic E-state index is 0.862. The molecule has 0 saturated carbocycles. The second kappa shape index (κ2) is 5.47. The molecule has 0 amide bonds. The van der Waals surface area contributed by atoms with Crippen molar-refractivity contribution in [2.24, 2.45) is 0 Å². The van der Waals surface area contributed by atoms with Crippen LogP contribution in [0.3, 0.4) is 0 Å². The predicted molar refractivity (Wildman–Crippen MR) is 84.3 cm³/mol. The number of aryl methyl sites for hydroxylation is 1. The maximum Gasteiger partial charge on any atom is 0.118 e. The van der Waals surface area contributed by atoms with Crippen LogP contribution in [0.15, 0.2) is 54.0 Å². The minimum absolute atomic E-state index is 0.862. The Morgan fingerprint density at radius 1 is 0.900 bits per heavy atom. The van der Waals surface area contributed by atoms with E-state index in [1.54, 1.807) is 18.4 Å². The zero-order valence-corrected chi connectivity index (χ0v) is 12.3. The molecule has 0 aliphatic carbocycles. The highest BCUT2D eigenvalue weighted by Gasteiger charge is 2.10. The van der Waals surface area contributed by atoms with Gasteiger partial charge >= 0.3 is 0 Å². The largest absolute Gasteiger partial charge is 0.497 e. The van der Waals surface area contributed by atoms with Crippen molar-refractivity contribution in [3.05, 3.63) is 59.6 Å². The molecule has 0 atom stereocenters. The summed E-state index contributed by atoms with van der Waals surface area (Å²) in [5.41, 5.74) is 6.52. The molecule has 0 aliphatic rings. The topological polar surface area (TPSA) is 22.1 Å². The van der Waals surface area contributed by atoms with Crippen molar-refractivity contribution >= 4 is 11.3 Å². The van der Waals surface area contributed by atoms with Gasteiger partial charge in [0.05, 0.1) is 23.2 Å². The Balaban J connectivity index is 2.02. The van der Waals surface area contributed by atoms with Crippen molar-refractivity contribution in [2.75, 3.05) is 7.11 Å². The summed E-state index contributed by atoms with van der Waals surface area (Å²) in [5.74, 6) is 0.862. The number of nitrogens with zero attached hydrogens (tertiary/aromatic N) is 1. The fraction of sp³-hybridized carbons (Fsp3) is 0.118. The molecule has 1 heterocycles. The molecule has 0 bridgehead atoms. The maximum atomic E-state index is 5.20. The summed E-state index contributed by atoms with van der Waals surface area (Å²) in [4.78, 5) is 5.72. The average Bonchev–Trinajstić information content (AvgIpc) is 2.97. The van der Waals surface area contributed by atoms with E-state index in [0.29, 0.717) is 0 Å². The number of hydrogen-bond acceptors (Lipinski definition) is 3. The first-order valence-electron chi connectivity index (χ1n) is 6.43. The van der Waals surface area contributed by atoms with Gasteiger partial charge in [-0.25, -0.2) is 4.98 Å². The molecule has 2 nitrogen and oxygen atoms in total. The van der Waals surface area contributed by atoms with E-state index in [-0.39, 0.29) is 0 Å². The minimum Gasteiger partial charge on any atom is -0.497 e. The Bertz CT molecular complexity index is 699. The summed E-state index contributed by atoms with van der Waals surface area (Å²) >= 11 is 1.67. The fourth-order valence-electron chi connectivity index (χ4n) is 2.11. The molecule has 0 saturated heterocycles. The summed E-state index contributed by atoms with van der Waals surface area (Å²) in [7, 11) is 1.68. The molecule has 0 unspecified atom stereocenters. The summed E-state index contributed by atoms with van der Waals surface area (Å²) in [6.45, 7) is 2.10. The van der Waals surface area contributed by atoms with E-state index in [2.05, 4.69) is 36.2 Å². The predicted octanol–water partition coefficient (Wildman–Crippen LogP) is 4.79. The number of ether oxygens (including phenoxy) is 1. The molecule has 100 valence electrons. The molecule has 3 heteroatoms. The second-order valence-corrected chi connectivity index (χ2v) is 5.48. The van der Waals surface area contributed by atoms with Crippen LogP contribution in [0.5, 0.6) is 5.75 Å². The Morgan fingerprint density at radius 2 is 1.55 bits per heavy atom. The molecule has 0 aliphatic heterocycles. The van der Waals surface area contributed by atoms with Crippen molar-refractivity contribution in [1.82, 2.24) is 4.98 Å².